The van der Waals surface area contributed by atoms with Crippen LogP contribution in [0.4, 0.5) is 11.5 Å². The minimum Gasteiger partial charge on any atom is -0.377 e. The fourth-order valence-electron chi connectivity index (χ4n) is 4.69. The lowest BCUT2D eigenvalue weighted by Gasteiger charge is -2.38. The number of morpholine rings is 2. The zero-order valence-corrected chi connectivity index (χ0v) is 15.8. The van der Waals surface area contributed by atoms with Crippen molar-refractivity contribution in [3.05, 3.63) is 11.8 Å². The number of hydrogen-bond acceptors (Lipinski definition) is 7. The summed E-state index contributed by atoms with van der Waals surface area (Å²) in [5.41, 5.74) is 2.16. The summed E-state index contributed by atoms with van der Waals surface area (Å²) >= 11 is 0. The summed E-state index contributed by atoms with van der Waals surface area (Å²) in [5, 5.41) is 8.11. The van der Waals surface area contributed by atoms with E-state index in [0.717, 1.165) is 49.5 Å². The lowest BCUT2D eigenvalue weighted by Crippen LogP contribution is -2.47. The third kappa shape index (κ3) is 2.70. The Morgan fingerprint density at radius 1 is 1.22 bits per heavy atom. The molecule has 8 nitrogen and oxygen atoms in total. The SMILES string of the molecule is CC(=O)c1[nH]nc2nc(N3C4CCC3COC4)cc(N3CCOC[C@H]3C)c12. The van der Waals surface area contributed by atoms with Gasteiger partial charge in [0.1, 0.15) is 11.5 Å². The molecule has 3 aliphatic heterocycles. The van der Waals surface area contributed by atoms with Crippen LogP contribution in [0.25, 0.3) is 11.0 Å². The van der Waals surface area contributed by atoms with Crippen molar-refractivity contribution >= 4 is 28.3 Å². The van der Waals surface area contributed by atoms with Gasteiger partial charge in [0.05, 0.1) is 49.6 Å². The second kappa shape index (κ2) is 6.45. The molecule has 3 atom stereocenters. The van der Waals surface area contributed by atoms with Crippen LogP contribution in [-0.2, 0) is 9.47 Å². The predicted octanol–water partition coefficient (Wildman–Crippen LogP) is 1.75. The van der Waals surface area contributed by atoms with Crippen molar-refractivity contribution < 1.29 is 14.3 Å². The van der Waals surface area contributed by atoms with Crippen LogP contribution in [0.15, 0.2) is 6.07 Å². The summed E-state index contributed by atoms with van der Waals surface area (Å²) in [6.07, 6.45) is 2.26. The van der Waals surface area contributed by atoms with Crippen LogP contribution in [0, 0.1) is 0 Å². The molecule has 27 heavy (non-hydrogen) atoms. The van der Waals surface area contributed by atoms with Gasteiger partial charge in [-0.1, -0.05) is 0 Å². The maximum atomic E-state index is 12.2. The standard InChI is InChI=1S/C19H25N5O3/c1-11-8-26-6-5-23(11)15-7-16(24-13-3-4-14(24)10-27-9-13)20-19-17(15)18(12(2)25)21-22-19/h7,11,13-14H,3-6,8-10H2,1-2H3,(H,20,21,22)/t11-,13?,14?/m1/s1. The van der Waals surface area contributed by atoms with Gasteiger partial charge in [0, 0.05) is 25.6 Å². The average molecular weight is 371 g/mol. The summed E-state index contributed by atoms with van der Waals surface area (Å²) in [5.74, 6) is 0.911. The largest absolute Gasteiger partial charge is 0.377 e. The number of rotatable bonds is 3. The zero-order chi connectivity index (χ0) is 18.5. The molecule has 2 unspecified atom stereocenters. The summed E-state index contributed by atoms with van der Waals surface area (Å²) in [6, 6.07) is 3.11. The fourth-order valence-corrected chi connectivity index (χ4v) is 4.69. The highest BCUT2D eigenvalue weighted by Gasteiger charge is 2.39. The number of aromatic nitrogens is 3. The maximum Gasteiger partial charge on any atom is 0.185 e. The summed E-state index contributed by atoms with van der Waals surface area (Å²) in [7, 11) is 0. The molecule has 1 N–H and O–H groups in total. The third-order valence-electron chi connectivity index (χ3n) is 6.02. The van der Waals surface area contributed by atoms with Gasteiger partial charge in [0.25, 0.3) is 0 Å². The molecule has 0 amide bonds. The minimum absolute atomic E-state index is 0.0272. The highest BCUT2D eigenvalue weighted by molar-refractivity contribution is 6.09. The number of ketones is 1. The van der Waals surface area contributed by atoms with Gasteiger partial charge in [-0.05, 0) is 19.8 Å². The summed E-state index contributed by atoms with van der Waals surface area (Å²) in [4.78, 5) is 21.7. The number of Topliss-reactive ketones (excluding diaryl/α,β-unsaturated/α-hetero) is 1. The van der Waals surface area contributed by atoms with Gasteiger partial charge in [0.2, 0.25) is 0 Å². The first-order valence-corrected chi connectivity index (χ1v) is 9.74. The van der Waals surface area contributed by atoms with Crippen molar-refractivity contribution in [2.45, 2.75) is 44.8 Å². The van der Waals surface area contributed by atoms with Gasteiger partial charge in [-0.3, -0.25) is 9.89 Å². The van der Waals surface area contributed by atoms with E-state index in [2.05, 4.69) is 33.0 Å². The summed E-state index contributed by atoms with van der Waals surface area (Å²) < 4.78 is 11.4. The second-order valence-corrected chi connectivity index (χ2v) is 7.80. The molecule has 0 aliphatic carbocycles. The first-order chi connectivity index (χ1) is 13.1. The van der Waals surface area contributed by atoms with Gasteiger partial charge in [-0.25, -0.2) is 4.98 Å². The molecule has 3 saturated heterocycles. The Hall–Kier alpha value is -2.19. The molecule has 5 rings (SSSR count). The Morgan fingerprint density at radius 2 is 2.00 bits per heavy atom. The van der Waals surface area contributed by atoms with Gasteiger partial charge in [0.15, 0.2) is 11.4 Å². The minimum atomic E-state index is -0.0272. The molecule has 2 aromatic rings. The molecular weight excluding hydrogens is 346 g/mol. The number of anilines is 2. The molecule has 2 bridgehead atoms. The van der Waals surface area contributed by atoms with Gasteiger partial charge >= 0.3 is 0 Å². The quantitative estimate of drug-likeness (QED) is 0.823. The monoisotopic (exact) mass is 371 g/mol. The normalized spacial score (nSPS) is 28.1. The Balaban J connectivity index is 1.67. The van der Waals surface area contributed by atoms with E-state index in [1.807, 2.05) is 0 Å². The Morgan fingerprint density at radius 3 is 2.70 bits per heavy atom. The van der Waals surface area contributed by atoms with E-state index in [-0.39, 0.29) is 11.8 Å². The van der Waals surface area contributed by atoms with Crippen LogP contribution >= 0.6 is 0 Å². The first kappa shape index (κ1) is 16.9. The maximum absolute atomic E-state index is 12.2. The van der Waals surface area contributed by atoms with Gasteiger partial charge in [-0.2, -0.15) is 5.10 Å². The molecule has 144 valence electrons. The number of aromatic amines is 1. The van der Waals surface area contributed by atoms with Crippen LogP contribution < -0.4 is 9.80 Å². The van der Waals surface area contributed by atoms with E-state index in [4.69, 9.17) is 14.5 Å². The first-order valence-electron chi connectivity index (χ1n) is 9.74. The molecule has 2 aromatic heterocycles. The molecule has 0 spiro atoms. The lowest BCUT2D eigenvalue weighted by atomic mass is 10.1. The lowest BCUT2D eigenvalue weighted by molar-refractivity contribution is 0.0902. The number of carbonyl (C=O) groups excluding carboxylic acids is 1. The van der Waals surface area contributed by atoms with Gasteiger partial charge in [-0.15, -0.1) is 0 Å². The molecule has 0 saturated carbocycles. The van der Waals surface area contributed by atoms with Crippen molar-refractivity contribution in [1.29, 1.82) is 0 Å². The van der Waals surface area contributed by atoms with Crippen LogP contribution in [0.2, 0.25) is 0 Å². The molecule has 0 radical (unpaired) electrons. The average Bonchev–Trinajstić information content (AvgIpc) is 3.20. The number of fused-ring (bicyclic) bond motifs is 3. The van der Waals surface area contributed by atoms with Crippen LogP contribution in [-0.4, -0.2) is 72.1 Å². The second-order valence-electron chi connectivity index (χ2n) is 7.80. The van der Waals surface area contributed by atoms with Gasteiger partial charge < -0.3 is 19.3 Å². The van der Waals surface area contributed by atoms with E-state index < -0.39 is 0 Å². The number of nitrogens with zero attached hydrogens (tertiary/aromatic N) is 4. The van der Waals surface area contributed by atoms with E-state index in [1.54, 1.807) is 6.92 Å². The number of pyridine rings is 1. The molecule has 0 aromatic carbocycles. The highest BCUT2D eigenvalue weighted by atomic mass is 16.5. The third-order valence-corrected chi connectivity index (χ3v) is 6.02. The van der Waals surface area contributed by atoms with Crippen LogP contribution in [0.5, 0.6) is 0 Å². The van der Waals surface area contributed by atoms with Crippen LogP contribution in [0.1, 0.15) is 37.2 Å². The smallest absolute Gasteiger partial charge is 0.185 e. The van der Waals surface area contributed by atoms with E-state index in [1.165, 1.54) is 0 Å². The number of nitrogens with one attached hydrogen (secondary N) is 1. The van der Waals surface area contributed by atoms with Crippen molar-refractivity contribution in [1.82, 2.24) is 15.2 Å². The van der Waals surface area contributed by atoms with Crippen molar-refractivity contribution in [2.24, 2.45) is 0 Å². The Kier molecular flexibility index (Phi) is 4.05. The summed E-state index contributed by atoms with van der Waals surface area (Å²) in [6.45, 7) is 7.36. The van der Waals surface area contributed by atoms with Crippen molar-refractivity contribution in [3.63, 3.8) is 0 Å². The highest BCUT2D eigenvalue weighted by Crippen LogP contribution is 2.38. The molecule has 8 heteroatoms. The van der Waals surface area contributed by atoms with Crippen molar-refractivity contribution in [3.8, 4) is 0 Å². The number of H-pyrrole nitrogens is 1. The zero-order valence-electron chi connectivity index (χ0n) is 15.8. The topological polar surface area (TPSA) is 83.6 Å². The van der Waals surface area contributed by atoms with E-state index >= 15 is 0 Å². The van der Waals surface area contributed by atoms with Crippen LogP contribution in [0.3, 0.4) is 0 Å². The fraction of sp³-hybridized carbons (Fsp3) is 0.632. The molecule has 3 fully saturated rings. The Bertz CT molecular complexity index is 866. The molecular formula is C19H25N5O3. The number of carbonyl (C=O) groups is 1. The van der Waals surface area contributed by atoms with Crippen molar-refractivity contribution in [2.75, 3.05) is 42.8 Å². The number of ether oxygens (including phenoxy) is 2. The van der Waals surface area contributed by atoms with E-state index in [0.29, 0.717) is 36.6 Å². The molecule has 5 heterocycles. The number of hydrogen-bond donors (Lipinski definition) is 1. The Labute approximate surface area is 157 Å². The van der Waals surface area contributed by atoms with E-state index in [9.17, 15) is 4.79 Å². The molecule has 3 aliphatic rings. The predicted molar refractivity (Wildman–Crippen MR) is 102 cm³/mol.